The maximum Gasteiger partial charge on any atom is 0.432 e. The van der Waals surface area contributed by atoms with E-state index in [1.54, 1.807) is 41.6 Å². The van der Waals surface area contributed by atoms with E-state index in [0.29, 0.717) is 55.5 Å². The van der Waals surface area contributed by atoms with Gasteiger partial charge in [-0.15, -0.1) is 10.1 Å². The summed E-state index contributed by atoms with van der Waals surface area (Å²) in [7, 11) is 0. The molecule has 0 radical (unpaired) electrons. The predicted molar refractivity (Wildman–Crippen MR) is 264 cm³/mol. The van der Waals surface area contributed by atoms with Crippen LogP contribution in [0.1, 0.15) is 116 Å². The van der Waals surface area contributed by atoms with Gasteiger partial charge >= 0.3 is 36.6 Å². The van der Waals surface area contributed by atoms with Crippen molar-refractivity contribution >= 4 is 24.1 Å². The number of hydrogen-bond acceptors (Lipinski definition) is 12. The predicted octanol–water partition coefficient (Wildman–Crippen LogP) is 11.6. The molecule has 0 aromatic heterocycles. The summed E-state index contributed by atoms with van der Waals surface area (Å²) in [6.45, 7) is 2.00. The van der Waals surface area contributed by atoms with E-state index < -0.39 is 128 Å². The molecule has 30 heteroatoms. The van der Waals surface area contributed by atoms with Gasteiger partial charge < -0.3 is 24.8 Å². The van der Waals surface area contributed by atoms with Crippen LogP contribution >= 0.6 is 0 Å². The third kappa shape index (κ3) is 15.2. The number of rotatable bonds is 13. The fraction of sp³-hybridized carbons (Fsp3) is 0.462. The van der Waals surface area contributed by atoms with Crippen molar-refractivity contribution in [2.24, 2.45) is 9.98 Å². The molecule has 0 bridgehead atoms. The van der Waals surface area contributed by atoms with Crippen molar-refractivity contribution in [2.45, 2.75) is 125 Å². The largest absolute Gasteiger partial charge is 0.432 e. The first-order valence-electron chi connectivity index (χ1n) is 24.9. The van der Waals surface area contributed by atoms with E-state index in [9.17, 15) is 82.5 Å². The van der Waals surface area contributed by atoms with Gasteiger partial charge in [0, 0.05) is 16.4 Å². The smallest absolute Gasteiger partial charge is 0.390 e. The Morgan fingerprint density at radius 1 is 0.622 bits per heavy atom. The van der Waals surface area contributed by atoms with Crippen LogP contribution in [-0.4, -0.2) is 98.5 Å². The zero-order valence-corrected chi connectivity index (χ0v) is 43.2. The normalized spacial score (nSPS) is 23.0. The second-order valence-electron chi connectivity index (χ2n) is 19.8. The molecule has 18 nitrogen and oxygen atoms in total. The first kappa shape index (κ1) is 63.4. The summed E-state index contributed by atoms with van der Waals surface area (Å²) in [6, 6.07) is 17.7. The lowest BCUT2D eigenvalue weighted by molar-refractivity contribution is -0.742. The first-order chi connectivity index (χ1) is 38.2. The quantitative estimate of drug-likeness (QED) is 0.0751. The van der Waals surface area contributed by atoms with Crippen molar-refractivity contribution in [1.82, 2.24) is 9.80 Å². The minimum Gasteiger partial charge on any atom is -0.390 e. The number of carbonyl (C=O) groups excluding carboxylic acids is 2. The molecule has 2 saturated carbocycles. The van der Waals surface area contributed by atoms with Crippen molar-refractivity contribution in [3.8, 4) is 0 Å². The number of nitrogens with zero attached hydrogens (tertiary/aromatic N) is 7. The Morgan fingerprint density at radius 2 is 1.05 bits per heavy atom. The monoisotopic (exact) mass is 1180 g/mol. The minimum atomic E-state index is -5.07. The lowest BCUT2D eigenvalue weighted by Crippen LogP contribution is -2.57. The topological polar surface area (TPSA) is 233 Å². The summed E-state index contributed by atoms with van der Waals surface area (Å²) in [4.78, 5) is 65.4. The molecule has 2 amide bonds. The van der Waals surface area contributed by atoms with Crippen LogP contribution in [0.5, 0.6) is 0 Å². The van der Waals surface area contributed by atoms with Crippen LogP contribution in [0.4, 0.5) is 52.7 Å². The number of guanidine groups is 1. The number of ether oxygens (including phenoxy) is 2. The molecule has 2 heterocycles. The van der Waals surface area contributed by atoms with E-state index in [2.05, 4.69) is 9.98 Å². The average molecular weight is 1180 g/mol. The lowest BCUT2D eigenvalue weighted by atomic mass is 9.65. The summed E-state index contributed by atoms with van der Waals surface area (Å²) in [5.41, 5.74) is -6.90. The number of aliphatic imine (C=N–C) groups is 2. The molecule has 2 unspecified atom stereocenters. The second kappa shape index (κ2) is 25.2. The molecule has 5 atom stereocenters. The minimum absolute atomic E-state index is 0.00387. The molecule has 2 aliphatic heterocycles. The van der Waals surface area contributed by atoms with Crippen molar-refractivity contribution in [1.29, 1.82) is 0 Å². The summed E-state index contributed by atoms with van der Waals surface area (Å²) in [5, 5.41) is 37.5. The molecule has 4 aromatic rings. The summed E-state index contributed by atoms with van der Waals surface area (Å²) in [5.74, 6) is -1.45. The van der Waals surface area contributed by atoms with Crippen LogP contribution in [-0.2, 0) is 54.6 Å². The van der Waals surface area contributed by atoms with Gasteiger partial charge in [-0.2, -0.15) is 57.6 Å². The Labute approximate surface area is 457 Å². The van der Waals surface area contributed by atoms with Gasteiger partial charge in [0.1, 0.15) is 6.54 Å². The lowest BCUT2D eigenvalue weighted by Gasteiger charge is -2.42. The van der Waals surface area contributed by atoms with Gasteiger partial charge in [0.15, 0.2) is 6.54 Å². The molecule has 444 valence electrons. The maximum absolute atomic E-state index is 13.4. The number of benzene rings is 4. The summed E-state index contributed by atoms with van der Waals surface area (Å²) in [6.07, 6.45) is -18.5. The Hall–Kier alpha value is -7.76. The van der Waals surface area contributed by atoms with Gasteiger partial charge in [0.05, 0.1) is 71.9 Å². The van der Waals surface area contributed by atoms with Crippen molar-refractivity contribution in [3.05, 3.63) is 172 Å². The van der Waals surface area contributed by atoms with E-state index in [4.69, 9.17) is 24.8 Å². The number of nitro groups is 2. The third-order valence-electron chi connectivity index (χ3n) is 14.8. The van der Waals surface area contributed by atoms with Gasteiger partial charge in [0.2, 0.25) is 11.9 Å². The van der Waals surface area contributed by atoms with Gasteiger partial charge in [-0.05, 0) is 116 Å². The van der Waals surface area contributed by atoms with E-state index in [1.807, 2.05) is 30.3 Å². The fourth-order valence-electron chi connectivity index (χ4n) is 10.6. The number of alkyl halides is 12. The third-order valence-corrected chi connectivity index (χ3v) is 14.8. The van der Waals surface area contributed by atoms with Gasteiger partial charge in [-0.1, -0.05) is 65.7 Å². The SMILES string of the molecule is C[C@@H](OCC1(c2ccccc2)CCC(N2C=NCC2=O)CC1)c1cc(C(F)(F)F)cc(C(F)(F)F)c1.C[C@@H](OC[C@@]1(c2ccccc2)CCC(N2C(=O)CN=C2[N+](=O)[O-])CC1[N+](=O)[O-])c1cc(C(F)(F)F)cc(C(F)(F)F)c1.O=[N+]([O-])O. The van der Waals surface area contributed by atoms with Gasteiger partial charge in [0.25, 0.3) is 5.09 Å². The zero-order valence-electron chi connectivity index (χ0n) is 43.2. The van der Waals surface area contributed by atoms with Crippen LogP contribution in [0.15, 0.2) is 107 Å². The maximum atomic E-state index is 13.4. The van der Waals surface area contributed by atoms with Gasteiger partial charge in [-0.25, -0.2) is 0 Å². The van der Waals surface area contributed by atoms with E-state index in [1.165, 1.54) is 13.8 Å². The molecule has 2 fully saturated rings. The van der Waals surface area contributed by atoms with Crippen molar-refractivity contribution in [2.75, 3.05) is 26.3 Å². The van der Waals surface area contributed by atoms with Crippen molar-refractivity contribution in [3.63, 3.8) is 0 Å². The highest BCUT2D eigenvalue weighted by atomic mass is 19.4. The first-order valence-corrected chi connectivity index (χ1v) is 24.9. The molecule has 4 aromatic carbocycles. The van der Waals surface area contributed by atoms with Crippen molar-refractivity contribution < 1.29 is 91.9 Å². The van der Waals surface area contributed by atoms with Crippen LogP contribution < -0.4 is 0 Å². The number of carbonyl (C=O) groups is 2. The molecule has 2 aliphatic carbocycles. The molecule has 4 aliphatic rings. The van der Waals surface area contributed by atoms with Crippen LogP contribution in [0, 0.1) is 30.3 Å². The molecule has 0 spiro atoms. The van der Waals surface area contributed by atoms with Crippen LogP contribution in [0.2, 0.25) is 0 Å². The molecule has 0 saturated heterocycles. The highest BCUT2D eigenvalue weighted by Crippen LogP contribution is 2.47. The van der Waals surface area contributed by atoms with E-state index in [0.717, 1.165) is 10.5 Å². The standard InChI is InChI=1S/C26H24F6N4O6.C26H26F6N2O2.HNO3/c1-15(16-9-18(25(27,28)29)11-19(10-16)26(30,31)32)42-14-24(17-5-3-2-4-6-17)8-7-20(12-21(24)35(38)39)34-22(37)13-33-23(34)36(40)41;1-17(18-11-20(25(27,28)29)13-21(12-18)26(30,31)32)36-15-24(19-5-3-2-4-6-19)9-7-22(8-10-24)34-16-33-14-23(34)35;2-1(3)4/h2-6,9-11,15,20-21H,7-8,12-14H2,1H3;2-6,11-13,16-17,22H,7-10,14-15H2,1H3;(H,2,3,4)/t15-,20?,21?,24-;17-,22?,24?;/m11./s1. The summed E-state index contributed by atoms with van der Waals surface area (Å²) >= 11 is 0. The molecular weight excluding hydrogens is 1130 g/mol. The molecule has 1 N–H and O–H groups in total. The Bertz CT molecular complexity index is 2940. The number of halogens is 12. The van der Waals surface area contributed by atoms with Gasteiger partial charge in [-0.3, -0.25) is 29.6 Å². The summed E-state index contributed by atoms with van der Waals surface area (Å²) < 4.78 is 172. The molecule has 82 heavy (non-hydrogen) atoms. The van der Waals surface area contributed by atoms with E-state index >= 15 is 0 Å². The highest BCUT2D eigenvalue weighted by molar-refractivity contribution is 6.00. The highest BCUT2D eigenvalue weighted by Gasteiger charge is 2.57. The number of amides is 2. The number of hydrogen-bond donors (Lipinski definition) is 1. The van der Waals surface area contributed by atoms with E-state index in [-0.39, 0.29) is 62.1 Å². The van der Waals surface area contributed by atoms with Crippen LogP contribution in [0.25, 0.3) is 0 Å². The molecule has 8 rings (SSSR count). The second-order valence-corrected chi connectivity index (χ2v) is 19.8. The Morgan fingerprint density at radius 3 is 1.45 bits per heavy atom. The Balaban J connectivity index is 0.000000250. The average Bonchev–Trinajstić information content (AvgIpc) is 3.84. The fourth-order valence-corrected chi connectivity index (χ4v) is 10.6. The molecular formula is C52H51F12N7O11. The van der Waals surface area contributed by atoms with Crippen LogP contribution in [0.3, 0.4) is 0 Å². The Kier molecular flexibility index (Phi) is 19.5. The zero-order chi connectivity index (χ0) is 60.8.